The number of nitrogen functional groups attached to an aromatic ring is 1. The molecule has 3 N–H and O–H groups in total. The van der Waals surface area contributed by atoms with Gasteiger partial charge in [0, 0.05) is 53.5 Å². The van der Waals surface area contributed by atoms with Gasteiger partial charge in [-0.1, -0.05) is 18.2 Å². The maximum Gasteiger partial charge on any atom is 0.167 e. The topological polar surface area (TPSA) is 101 Å². The van der Waals surface area contributed by atoms with Crippen molar-refractivity contribution >= 4 is 44.1 Å². The zero-order valence-electron chi connectivity index (χ0n) is 15.9. The maximum atomic E-state index is 6.44. The number of hydrogen-bond acceptors (Lipinski definition) is 6. The number of nitrogens with one attached hydrogen (secondary N) is 1. The average Bonchev–Trinajstić information content (AvgIpc) is 3.42. The van der Waals surface area contributed by atoms with Crippen LogP contribution in [0.4, 0.5) is 11.6 Å². The standard InChI is InChI=1S/C21H17BrN8/c22-18-19(23)30-20(27-21(18)29-6-5-17-14(11-29)9-25-28-17)15(10-26-30)13-7-12-3-1-2-4-16(12)24-8-13/h1-4,7-10H,5-6,11,23H2,(H,25,28). The van der Waals surface area contributed by atoms with E-state index < -0.39 is 0 Å². The van der Waals surface area contributed by atoms with Crippen LogP contribution in [0.15, 0.2) is 53.4 Å². The van der Waals surface area contributed by atoms with Crippen molar-refractivity contribution in [3.63, 3.8) is 0 Å². The Balaban J connectivity index is 1.50. The van der Waals surface area contributed by atoms with Gasteiger partial charge in [-0.05, 0) is 28.1 Å². The number of H-pyrrole nitrogens is 1. The zero-order valence-corrected chi connectivity index (χ0v) is 17.5. The molecule has 0 spiro atoms. The van der Waals surface area contributed by atoms with Crippen molar-refractivity contribution < 1.29 is 0 Å². The fraction of sp³-hybridized carbons (Fsp3) is 0.143. The van der Waals surface area contributed by atoms with Crippen molar-refractivity contribution in [3.8, 4) is 11.1 Å². The monoisotopic (exact) mass is 460 g/mol. The van der Waals surface area contributed by atoms with Gasteiger partial charge in [-0.3, -0.25) is 10.1 Å². The highest BCUT2D eigenvalue weighted by Gasteiger charge is 2.24. The van der Waals surface area contributed by atoms with E-state index in [0.717, 1.165) is 51.8 Å². The van der Waals surface area contributed by atoms with E-state index in [9.17, 15) is 0 Å². The Bertz CT molecular complexity index is 1420. The quantitative estimate of drug-likeness (QED) is 0.417. The van der Waals surface area contributed by atoms with Gasteiger partial charge in [-0.2, -0.15) is 14.7 Å². The molecule has 148 valence electrons. The maximum absolute atomic E-state index is 6.44. The van der Waals surface area contributed by atoms with Crippen LogP contribution in [0.5, 0.6) is 0 Å². The molecule has 1 aliphatic heterocycles. The molecule has 5 heterocycles. The molecule has 30 heavy (non-hydrogen) atoms. The number of nitrogens with zero attached hydrogens (tertiary/aromatic N) is 6. The van der Waals surface area contributed by atoms with Crippen LogP contribution in [-0.2, 0) is 13.0 Å². The third kappa shape index (κ3) is 2.58. The Morgan fingerprint density at radius 1 is 1.13 bits per heavy atom. The first-order chi connectivity index (χ1) is 14.7. The third-order valence-corrected chi connectivity index (χ3v) is 6.37. The lowest BCUT2D eigenvalue weighted by Crippen LogP contribution is -2.31. The van der Waals surface area contributed by atoms with Gasteiger partial charge < -0.3 is 10.6 Å². The molecule has 0 aliphatic carbocycles. The van der Waals surface area contributed by atoms with Crippen LogP contribution in [0.2, 0.25) is 0 Å². The second kappa shape index (κ2) is 6.53. The van der Waals surface area contributed by atoms with Crippen molar-refractivity contribution in [2.75, 3.05) is 17.2 Å². The predicted molar refractivity (Wildman–Crippen MR) is 119 cm³/mol. The SMILES string of the molecule is Nc1c(Br)c(N2CCc3[nH]ncc3C2)nc2c(-c3cnc4ccccc4c3)cnn12. The average molecular weight is 461 g/mol. The molecule has 0 atom stereocenters. The lowest BCUT2D eigenvalue weighted by Gasteiger charge is -2.28. The van der Waals surface area contributed by atoms with E-state index >= 15 is 0 Å². The van der Waals surface area contributed by atoms with Crippen LogP contribution in [0, 0.1) is 0 Å². The second-order valence-corrected chi connectivity index (χ2v) is 8.18. The number of aromatic amines is 1. The Labute approximate surface area is 179 Å². The number of aromatic nitrogens is 6. The Morgan fingerprint density at radius 3 is 2.97 bits per heavy atom. The van der Waals surface area contributed by atoms with Crippen molar-refractivity contribution in [1.29, 1.82) is 0 Å². The van der Waals surface area contributed by atoms with Gasteiger partial charge in [0.05, 0.1) is 17.9 Å². The highest BCUT2D eigenvalue weighted by Crippen LogP contribution is 2.36. The molecule has 5 aromatic rings. The molecular formula is C21H17BrN8. The van der Waals surface area contributed by atoms with Gasteiger partial charge >= 0.3 is 0 Å². The lowest BCUT2D eigenvalue weighted by atomic mass is 10.1. The fourth-order valence-electron chi connectivity index (χ4n) is 4.02. The van der Waals surface area contributed by atoms with E-state index in [4.69, 9.17) is 10.7 Å². The number of rotatable bonds is 2. The molecule has 0 unspecified atom stereocenters. The number of fused-ring (bicyclic) bond motifs is 3. The zero-order chi connectivity index (χ0) is 20.2. The minimum absolute atomic E-state index is 0.521. The van der Waals surface area contributed by atoms with Crippen molar-refractivity contribution in [2.24, 2.45) is 0 Å². The van der Waals surface area contributed by atoms with Crippen LogP contribution in [-0.4, -0.2) is 36.3 Å². The number of pyridine rings is 1. The summed E-state index contributed by atoms with van der Waals surface area (Å²) in [6.07, 6.45) is 6.42. The molecule has 1 aromatic carbocycles. The summed E-state index contributed by atoms with van der Waals surface area (Å²) in [7, 11) is 0. The van der Waals surface area contributed by atoms with Gasteiger partial charge in [0.1, 0.15) is 16.1 Å². The number of nitrogens with two attached hydrogens (primary N) is 1. The fourth-order valence-corrected chi connectivity index (χ4v) is 4.52. The molecule has 0 radical (unpaired) electrons. The van der Waals surface area contributed by atoms with Gasteiger partial charge in [0.2, 0.25) is 0 Å². The Kier molecular flexibility index (Phi) is 3.79. The Hall–Kier alpha value is -3.46. The number of hydrogen-bond donors (Lipinski definition) is 2. The highest BCUT2D eigenvalue weighted by molar-refractivity contribution is 9.10. The van der Waals surface area contributed by atoms with Crippen LogP contribution in [0.25, 0.3) is 27.7 Å². The normalized spacial score (nSPS) is 13.8. The third-order valence-electron chi connectivity index (χ3n) is 5.61. The summed E-state index contributed by atoms with van der Waals surface area (Å²) in [5.41, 5.74) is 12.3. The molecule has 0 saturated heterocycles. The predicted octanol–water partition coefficient (Wildman–Crippen LogP) is 3.58. The van der Waals surface area contributed by atoms with Crippen molar-refractivity contribution in [3.05, 3.63) is 64.7 Å². The summed E-state index contributed by atoms with van der Waals surface area (Å²) in [5, 5.41) is 12.8. The summed E-state index contributed by atoms with van der Waals surface area (Å²) in [6, 6.07) is 10.2. The highest BCUT2D eigenvalue weighted by atomic mass is 79.9. The van der Waals surface area contributed by atoms with E-state index in [0.29, 0.717) is 11.5 Å². The number of para-hydroxylation sites is 1. The molecule has 9 heteroatoms. The minimum atomic E-state index is 0.521. The van der Waals surface area contributed by atoms with Crippen molar-refractivity contribution in [1.82, 2.24) is 29.8 Å². The summed E-state index contributed by atoms with van der Waals surface area (Å²) in [6.45, 7) is 1.56. The van der Waals surface area contributed by atoms with E-state index in [2.05, 4.69) is 53.2 Å². The molecule has 8 nitrogen and oxygen atoms in total. The molecule has 4 aromatic heterocycles. The minimum Gasteiger partial charge on any atom is -0.383 e. The number of anilines is 2. The molecule has 0 saturated carbocycles. The van der Waals surface area contributed by atoms with Crippen molar-refractivity contribution in [2.45, 2.75) is 13.0 Å². The van der Waals surface area contributed by atoms with Gasteiger partial charge in [0.15, 0.2) is 5.65 Å². The molecule has 0 amide bonds. The van der Waals surface area contributed by atoms with Gasteiger partial charge in [-0.25, -0.2) is 4.98 Å². The molecular weight excluding hydrogens is 444 g/mol. The van der Waals surface area contributed by atoms with Crippen LogP contribution in [0.3, 0.4) is 0 Å². The van der Waals surface area contributed by atoms with Gasteiger partial charge in [0.25, 0.3) is 0 Å². The number of benzene rings is 1. The van der Waals surface area contributed by atoms with E-state index in [1.54, 1.807) is 10.7 Å². The summed E-state index contributed by atoms with van der Waals surface area (Å²) >= 11 is 3.64. The smallest absolute Gasteiger partial charge is 0.167 e. The molecule has 0 fully saturated rings. The van der Waals surface area contributed by atoms with E-state index in [1.807, 2.05) is 30.6 Å². The van der Waals surface area contributed by atoms with Crippen LogP contribution < -0.4 is 10.6 Å². The molecule has 0 bridgehead atoms. The lowest BCUT2D eigenvalue weighted by molar-refractivity contribution is 0.708. The molecule has 1 aliphatic rings. The number of halogens is 1. The molecule has 6 rings (SSSR count). The summed E-state index contributed by atoms with van der Waals surface area (Å²) in [5.74, 6) is 1.33. The van der Waals surface area contributed by atoms with Crippen LogP contribution >= 0.6 is 15.9 Å². The second-order valence-electron chi connectivity index (χ2n) is 7.39. The summed E-state index contributed by atoms with van der Waals surface area (Å²) in [4.78, 5) is 11.8. The Morgan fingerprint density at radius 2 is 2.03 bits per heavy atom. The largest absolute Gasteiger partial charge is 0.383 e. The van der Waals surface area contributed by atoms with E-state index in [-0.39, 0.29) is 0 Å². The first kappa shape index (κ1) is 17.4. The van der Waals surface area contributed by atoms with Crippen LogP contribution in [0.1, 0.15) is 11.3 Å². The van der Waals surface area contributed by atoms with E-state index in [1.165, 1.54) is 11.3 Å². The first-order valence-electron chi connectivity index (χ1n) is 9.63. The summed E-state index contributed by atoms with van der Waals surface area (Å²) < 4.78 is 2.42. The first-order valence-corrected chi connectivity index (χ1v) is 10.4. The van der Waals surface area contributed by atoms with Gasteiger partial charge in [-0.15, -0.1) is 0 Å².